The number of nitrogens with one attached hydrogen (secondary N) is 2. The van der Waals surface area contributed by atoms with E-state index in [0.717, 1.165) is 44.3 Å². The van der Waals surface area contributed by atoms with Gasteiger partial charge in [-0.25, -0.2) is 0 Å². The number of anilines is 2. The van der Waals surface area contributed by atoms with Crippen molar-refractivity contribution in [3.8, 4) is 0 Å². The van der Waals surface area contributed by atoms with Gasteiger partial charge >= 0.3 is 0 Å². The van der Waals surface area contributed by atoms with Crippen molar-refractivity contribution < 1.29 is 14.4 Å². The molecule has 7 heteroatoms. The summed E-state index contributed by atoms with van der Waals surface area (Å²) < 4.78 is 0. The smallest absolute Gasteiger partial charge is 0.266 e. The third-order valence-electron chi connectivity index (χ3n) is 5.08. The molecule has 0 atom stereocenters. The van der Waals surface area contributed by atoms with Crippen LogP contribution in [0.5, 0.6) is 0 Å². The Morgan fingerprint density at radius 2 is 1.82 bits per heavy atom. The first-order valence-electron chi connectivity index (χ1n) is 9.63. The van der Waals surface area contributed by atoms with Gasteiger partial charge in [0.1, 0.15) is 0 Å². The summed E-state index contributed by atoms with van der Waals surface area (Å²) in [6.07, 6.45) is 3.96. The molecule has 2 aromatic rings. The third-order valence-corrected chi connectivity index (χ3v) is 6.23. The minimum absolute atomic E-state index is 0.00553. The molecule has 2 fully saturated rings. The molecule has 0 radical (unpaired) electrons. The summed E-state index contributed by atoms with van der Waals surface area (Å²) in [7, 11) is 0. The van der Waals surface area contributed by atoms with Crippen LogP contribution in [0.4, 0.5) is 10.7 Å². The normalized spacial score (nSPS) is 16.1. The van der Waals surface area contributed by atoms with Gasteiger partial charge in [0.05, 0.1) is 9.88 Å². The second-order valence-electron chi connectivity index (χ2n) is 7.42. The van der Waals surface area contributed by atoms with Crippen LogP contribution in [0.25, 0.3) is 0 Å². The van der Waals surface area contributed by atoms with Gasteiger partial charge in [-0.05, 0) is 62.4 Å². The van der Waals surface area contributed by atoms with Crippen molar-refractivity contribution in [1.29, 1.82) is 0 Å². The van der Waals surface area contributed by atoms with E-state index in [1.165, 1.54) is 11.3 Å². The van der Waals surface area contributed by atoms with Crippen LogP contribution in [0.3, 0.4) is 0 Å². The SMILES string of the molecule is Cc1cc(NC(=O)C2CC2)sc1C(=O)Nc1cccc(C(=O)N2CCCC2)c1. The molecule has 0 unspecified atom stereocenters. The molecule has 2 aliphatic rings. The largest absolute Gasteiger partial charge is 0.339 e. The van der Waals surface area contributed by atoms with Crippen LogP contribution in [0.2, 0.25) is 0 Å². The summed E-state index contributed by atoms with van der Waals surface area (Å²) in [4.78, 5) is 39.6. The van der Waals surface area contributed by atoms with Crippen molar-refractivity contribution in [2.75, 3.05) is 23.7 Å². The number of rotatable bonds is 5. The highest BCUT2D eigenvalue weighted by Gasteiger charge is 2.30. The number of likely N-dealkylation sites (tertiary alicyclic amines) is 1. The van der Waals surface area contributed by atoms with Crippen molar-refractivity contribution in [3.05, 3.63) is 46.3 Å². The molecule has 1 saturated heterocycles. The van der Waals surface area contributed by atoms with E-state index in [2.05, 4.69) is 10.6 Å². The highest BCUT2D eigenvalue weighted by molar-refractivity contribution is 7.18. The second-order valence-corrected chi connectivity index (χ2v) is 8.47. The summed E-state index contributed by atoms with van der Waals surface area (Å²) in [6.45, 7) is 3.43. The second kappa shape index (κ2) is 7.75. The van der Waals surface area contributed by atoms with Gasteiger partial charge in [0.25, 0.3) is 11.8 Å². The number of hydrogen-bond acceptors (Lipinski definition) is 4. The Morgan fingerprint density at radius 1 is 1.07 bits per heavy atom. The van der Waals surface area contributed by atoms with Gasteiger partial charge in [-0.2, -0.15) is 0 Å². The molecule has 1 aromatic heterocycles. The lowest BCUT2D eigenvalue weighted by atomic mass is 10.1. The van der Waals surface area contributed by atoms with E-state index in [0.29, 0.717) is 21.1 Å². The number of nitrogens with zero attached hydrogens (tertiary/aromatic N) is 1. The van der Waals surface area contributed by atoms with Gasteiger partial charge in [0.2, 0.25) is 5.91 Å². The number of hydrogen-bond donors (Lipinski definition) is 2. The molecule has 2 heterocycles. The lowest BCUT2D eigenvalue weighted by Gasteiger charge is -2.15. The van der Waals surface area contributed by atoms with E-state index >= 15 is 0 Å². The predicted octanol–water partition coefficient (Wildman–Crippen LogP) is 3.89. The number of carbonyl (C=O) groups is 3. The van der Waals surface area contributed by atoms with Crippen LogP contribution in [0.1, 0.15) is 51.3 Å². The first kappa shape index (κ1) is 18.7. The third kappa shape index (κ3) is 4.09. The Bertz CT molecular complexity index is 927. The molecule has 6 nitrogen and oxygen atoms in total. The van der Waals surface area contributed by atoms with Crippen molar-refractivity contribution in [2.24, 2.45) is 5.92 Å². The Balaban J connectivity index is 1.44. The molecule has 1 saturated carbocycles. The van der Waals surface area contributed by atoms with Crippen LogP contribution in [0.15, 0.2) is 30.3 Å². The van der Waals surface area contributed by atoms with Gasteiger partial charge in [-0.15, -0.1) is 11.3 Å². The summed E-state index contributed by atoms with van der Waals surface area (Å²) >= 11 is 1.27. The number of amides is 3. The van der Waals surface area contributed by atoms with Gasteiger partial charge in [0.15, 0.2) is 0 Å². The molecule has 3 amide bonds. The maximum absolute atomic E-state index is 12.7. The summed E-state index contributed by atoms with van der Waals surface area (Å²) in [5, 5.41) is 6.46. The Morgan fingerprint density at radius 3 is 2.54 bits per heavy atom. The van der Waals surface area contributed by atoms with Crippen LogP contribution < -0.4 is 10.6 Å². The van der Waals surface area contributed by atoms with Crippen LogP contribution in [0, 0.1) is 12.8 Å². The average molecular weight is 398 g/mol. The van der Waals surface area contributed by atoms with Crippen molar-refractivity contribution in [1.82, 2.24) is 4.90 Å². The van der Waals surface area contributed by atoms with E-state index in [9.17, 15) is 14.4 Å². The fourth-order valence-corrected chi connectivity index (χ4v) is 4.33. The predicted molar refractivity (Wildman–Crippen MR) is 110 cm³/mol. The lowest BCUT2D eigenvalue weighted by Crippen LogP contribution is -2.27. The Hall–Kier alpha value is -2.67. The Kier molecular flexibility index (Phi) is 5.17. The molecular weight excluding hydrogens is 374 g/mol. The Labute approximate surface area is 167 Å². The molecule has 0 spiro atoms. The highest BCUT2D eigenvalue weighted by Crippen LogP contribution is 2.33. The standard InChI is InChI=1S/C21H23N3O3S/c1-13-11-17(23-19(25)14-7-8-14)28-18(13)20(26)22-16-6-4-5-15(12-16)21(27)24-9-2-3-10-24/h4-6,11-12,14H,2-3,7-10H2,1H3,(H,22,26)(H,23,25). The van der Waals surface area contributed by atoms with Gasteiger partial charge in [0, 0.05) is 30.3 Å². The fourth-order valence-electron chi connectivity index (χ4n) is 3.36. The molecule has 28 heavy (non-hydrogen) atoms. The van der Waals surface area contributed by atoms with Gasteiger partial charge in [-0.1, -0.05) is 6.07 Å². The zero-order valence-corrected chi connectivity index (χ0v) is 16.6. The van der Waals surface area contributed by atoms with Gasteiger partial charge in [-0.3, -0.25) is 14.4 Å². The zero-order valence-electron chi connectivity index (χ0n) is 15.8. The molecule has 1 aliphatic heterocycles. The minimum atomic E-state index is -0.236. The monoisotopic (exact) mass is 397 g/mol. The van der Waals surface area contributed by atoms with Crippen LogP contribution >= 0.6 is 11.3 Å². The average Bonchev–Trinajstić information content (AvgIpc) is 3.26. The van der Waals surface area contributed by atoms with E-state index in [1.807, 2.05) is 17.9 Å². The molecule has 2 N–H and O–H groups in total. The molecule has 1 aliphatic carbocycles. The van der Waals surface area contributed by atoms with Crippen molar-refractivity contribution in [3.63, 3.8) is 0 Å². The molecule has 0 bridgehead atoms. The van der Waals surface area contributed by atoms with E-state index in [-0.39, 0.29) is 23.6 Å². The van der Waals surface area contributed by atoms with Crippen molar-refractivity contribution >= 4 is 39.7 Å². The number of aryl methyl sites for hydroxylation is 1. The van der Waals surface area contributed by atoms with E-state index in [1.54, 1.807) is 24.3 Å². The molecule has 146 valence electrons. The van der Waals surface area contributed by atoms with Crippen molar-refractivity contribution in [2.45, 2.75) is 32.6 Å². The number of benzene rings is 1. The quantitative estimate of drug-likeness (QED) is 0.803. The van der Waals surface area contributed by atoms with E-state index in [4.69, 9.17) is 0 Å². The summed E-state index contributed by atoms with van der Waals surface area (Å²) in [5.74, 6) is -0.0805. The summed E-state index contributed by atoms with van der Waals surface area (Å²) in [6, 6.07) is 8.88. The highest BCUT2D eigenvalue weighted by atomic mass is 32.1. The maximum atomic E-state index is 12.7. The van der Waals surface area contributed by atoms with E-state index < -0.39 is 0 Å². The number of thiophene rings is 1. The first-order valence-corrected chi connectivity index (χ1v) is 10.4. The lowest BCUT2D eigenvalue weighted by molar-refractivity contribution is -0.117. The maximum Gasteiger partial charge on any atom is 0.266 e. The molecule has 4 rings (SSSR count). The molecule has 1 aromatic carbocycles. The van der Waals surface area contributed by atoms with Gasteiger partial charge < -0.3 is 15.5 Å². The first-order chi connectivity index (χ1) is 13.5. The van der Waals surface area contributed by atoms with Crippen LogP contribution in [-0.4, -0.2) is 35.7 Å². The fraction of sp³-hybridized carbons (Fsp3) is 0.381. The topological polar surface area (TPSA) is 78.5 Å². The van der Waals surface area contributed by atoms with Crippen LogP contribution in [-0.2, 0) is 4.79 Å². The minimum Gasteiger partial charge on any atom is -0.339 e. The number of carbonyl (C=O) groups excluding carboxylic acids is 3. The molecular formula is C21H23N3O3S. The summed E-state index contributed by atoms with van der Waals surface area (Å²) in [5.41, 5.74) is 1.99. The zero-order chi connectivity index (χ0) is 19.7.